The van der Waals surface area contributed by atoms with Crippen LogP contribution >= 0.6 is 11.8 Å². The molecule has 0 spiro atoms. The lowest BCUT2D eigenvalue weighted by molar-refractivity contribution is 0.0698. The van der Waals surface area contributed by atoms with Crippen LogP contribution in [0.3, 0.4) is 0 Å². The predicted molar refractivity (Wildman–Crippen MR) is 103 cm³/mol. The van der Waals surface area contributed by atoms with Crippen LogP contribution in [0.15, 0.2) is 41.8 Å². The third-order valence-corrected chi connectivity index (χ3v) is 6.03. The van der Waals surface area contributed by atoms with E-state index < -0.39 is 0 Å². The molecule has 0 saturated carbocycles. The molecule has 0 aliphatic carbocycles. The van der Waals surface area contributed by atoms with Gasteiger partial charge < -0.3 is 14.4 Å². The molecule has 0 radical (unpaired) electrons. The number of nitrogens with zero attached hydrogens (tertiary/aromatic N) is 4. The van der Waals surface area contributed by atoms with Gasteiger partial charge in [0.15, 0.2) is 5.16 Å². The van der Waals surface area contributed by atoms with Crippen molar-refractivity contribution < 1.29 is 4.79 Å². The molecular formula is C19H26N4OS. The Kier molecular flexibility index (Phi) is 5.68. The molecule has 0 unspecified atom stereocenters. The fourth-order valence-corrected chi connectivity index (χ4v) is 4.20. The van der Waals surface area contributed by atoms with Gasteiger partial charge in [0.2, 0.25) is 0 Å². The van der Waals surface area contributed by atoms with Gasteiger partial charge in [0.25, 0.3) is 5.91 Å². The SMILES string of the molecule is CN(C)c1cccc(C(=O)N2CCC(CSc3nccn3C)CC2)c1. The van der Waals surface area contributed by atoms with Crippen LogP contribution in [0.1, 0.15) is 23.2 Å². The van der Waals surface area contributed by atoms with E-state index in [1.807, 2.05) is 79.4 Å². The van der Waals surface area contributed by atoms with E-state index in [1.165, 1.54) is 0 Å². The highest BCUT2D eigenvalue weighted by Crippen LogP contribution is 2.26. The van der Waals surface area contributed by atoms with Gasteiger partial charge in [-0.15, -0.1) is 0 Å². The summed E-state index contributed by atoms with van der Waals surface area (Å²) in [7, 11) is 6.02. The second-order valence-electron chi connectivity index (χ2n) is 6.81. The molecule has 1 amide bonds. The summed E-state index contributed by atoms with van der Waals surface area (Å²) in [5, 5.41) is 1.07. The van der Waals surface area contributed by atoms with Crippen molar-refractivity contribution in [3.63, 3.8) is 0 Å². The first-order valence-corrected chi connectivity index (χ1v) is 9.70. The molecule has 5 nitrogen and oxygen atoms in total. The van der Waals surface area contributed by atoms with E-state index in [9.17, 15) is 4.79 Å². The van der Waals surface area contributed by atoms with Gasteiger partial charge in [-0.3, -0.25) is 4.79 Å². The molecule has 3 rings (SSSR count). The molecule has 1 fully saturated rings. The molecule has 0 N–H and O–H groups in total. The number of benzene rings is 1. The summed E-state index contributed by atoms with van der Waals surface area (Å²) in [5.74, 6) is 1.88. The summed E-state index contributed by atoms with van der Waals surface area (Å²) in [6.07, 6.45) is 5.95. The largest absolute Gasteiger partial charge is 0.378 e. The summed E-state index contributed by atoms with van der Waals surface area (Å²) in [5.41, 5.74) is 1.85. The van der Waals surface area contributed by atoms with Gasteiger partial charge in [-0.1, -0.05) is 17.8 Å². The Morgan fingerprint density at radius 1 is 1.32 bits per heavy atom. The smallest absolute Gasteiger partial charge is 0.253 e. The van der Waals surface area contributed by atoms with Crippen LogP contribution in [0, 0.1) is 5.92 Å². The molecule has 0 atom stereocenters. The standard InChI is InChI=1S/C19H26N4OS/c1-21(2)17-6-4-5-16(13-17)18(24)23-10-7-15(8-11-23)14-25-19-20-9-12-22(19)3/h4-6,9,12-13,15H,7-8,10-11,14H2,1-3H3. The van der Waals surface area contributed by atoms with Crippen molar-refractivity contribution in [2.45, 2.75) is 18.0 Å². The molecule has 2 heterocycles. The molecule has 0 bridgehead atoms. The maximum Gasteiger partial charge on any atom is 0.253 e. The highest BCUT2D eigenvalue weighted by Gasteiger charge is 2.24. The number of rotatable bonds is 5. The second kappa shape index (κ2) is 7.95. The van der Waals surface area contributed by atoms with Crippen molar-refractivity contribution >= 4 is 23.4 Å². The van der Waals surface area contributed by atoms with E-state index in [0.29, 0.717) is 5.92 Å². The summed E-state index contributed by atoms with van der Waals surface area (Å²) in [4.78, 5) is 21.1. The normalized spacial score (nSPS) is 15.4. The van der Waals surface area contributed by atoms with E-state index in [0.717, 1.165) is 48.1 Å². The van der Waals surface area contributed by atoms with Crippen LogP contribution in [0.4, 0.5) is 5.69 Å². The zero-order valence-corrected chi connectivity index (χ0v) is 16.0. The molecule has 1 saturated heterocycles. The maximum absolute atomic E-state index is 12.8. The van der Waals surface area contributed by atoms with Crippen molar-refractivity contribution in [1.82, 2.24) is 14.5 Å². The number of thioether (sulfide) groups is 1. The number of piperidine rings is 1. The number of hydrogen-bond donors (Lipinski definition) is 0. The second-order valence-corrected chi connectivity index (χ2v) is 7.80. The minimum Gasteiger partial charge on any atom is -0.378 e. The summed E-state index contributed by atoms with van der Waals surface area (Å²) >= 11 is 1.81. The number of carbonyl (C=O) groups excluding carboxylic acids is 1. The van der Waals surface area contributed by atoms with Gasteiger partial charge in [0.05, 0.1) is 0 Å². The van der Waals surface area contributed by atoms with Gasteiger partial charge in [-0.25, -0.2) is 4.98 Å². The predicted octanol–water partition coefficient (Wildman–Crippen LogP) is 3.13. The van der Waals surface area contributed by atoms with Gasteiger partial charge >= 0.3 is 0 Å². The lowest BCUT2D eigenvalue weighted by atomic mass is 9.98. The van der Waals surface area contributed by atoms with E-state index in [-0.39, 0.29) is 5.91 Å². The van der Waals surface area contributed by atoms with Crippen molar-refractivity contribution in [3.05, 3.63) is 42.2 Å². The summed E-state index contributed by atoms with van der Waals surface area (Å²) < 4.78 is 2.06. The first-order chi connectivity index (χ1) is 12.0. The maximum atomic E-state index is 12.8. The molecule has 6 heteroatoms. The molecule has 134 valence electrons. The van der Waals surface area contributed by atoms with Crippen LogP contribution < -0.4 is 4.90 Å². The Labute approximate surface area is 154 Å². The Balaban J connectivity index is 1.52. The lowest BCUT2D eigenvalue weighted by Crippen LogP contribution is -2.39. The number of amides is 1. The number of aryl methyl sites for hydroxylation is 1. The van der Waals surface area contributed by atoms with Gasteiger partial charge in [-0.05, 0) is 37.0 Å². The van der Waals surface area contributed by atoms with Gasteiger partial charge in [0, 0.05) is 63.6 Å². The van der Waals surface area contributed by atoms with E-state index in [2.05, 4.69) is 9.55 Å². The van der Waals surface area contributed by atoms with Crippen LogP contribution in [0.5, 0.6) is 0 Å². The fraction of sp³-hybridized carbons (Fsp3) is 0.474. The number of carbonyl (C=O) groups is 1. The highest BCUT2D eigenvalue weighted by atomic mass is 32.2. The van der Waals surface area contributed by atoms with Crippen LogP contribution in [-0.4, -0.2) is 53.3 Å². The Bertz CT molecular complexity index is 720. The summed E-state index contributed by atoms with van der Waals surface area (Å²) in [6, 6.07) is 7.88. The molecular weight excluding hydrogens is 332 g/mol. The molecule has 1 aliphatic heterocycles. The number of hydrogen-bond acceptors (Lipinski definition) is 4. The minimum atomic E-state index is 0.152. The fourth-order valence-electron chi connectivity index (χ4n) is 3.09. The number of aromatic nitrogens is 2. The minimum absolute atomic E-state index is 0.152. The highest BCUT2D eigenvalue weighted by molar-refractivity contribution is 7.99. The molecule has 1 aliphatic rings. The average molecular weight is 359 g/mol. The molecule has 25 heavy (non-hydrogen) atoms. The van der Waals surface area contributed by atoms with Gasteiger partial charge in [-0.2, -0.15) is 0 Å². The van der Waals surface area contributed by atoms with Crippen molar-refractivity contribution in [3.8, 4) is 0 Å². The van der Waals surface area contributed by atoms with E-state index >= 15 is 0 Å². The first-order valence-electron chi connectivity index (χ1n) is 8.71. The van der Waals surface area contributed by atoms with Crippen molar-refractivity contribution in [2.75, 3.05) is 37.8 Å². The third kappa shape index (κ3) is 4.37. The Morgan fingerprint density at radius 2 is 2.08 bits per heavy atom. The van der Waals surface area contributed by atoms with E-state index in [1.54, 1.807) is 0 Å². The zero-order valence-electron chi connectivity index (χ0n) is 15.2. The number of anilines is 1. The number of likely N-dealkylation sites (tertiary alicyclic amines) is 1. The van der Waals surface area contributed by atoms with E-state index in [4.69, 9.17) is 0 Å². The van der Waals surface area contributed by atoms with Crippen molar-refractivity contribution in [2.24, 2.45) is 13.0 Å². The lowest BCUT2D eigenvalue weighted by Gasteiger charge is -2.32. The van der Waals surface area contributed by atoms with Crippen molar-refractivity contribution in [1.29, 1.82) is 0 Å². The average Bonchev–Trinajstić information content (AvgIpc) is 3.05. The Morgan fingerprint density at radius 3 is 2.72 bits per heavy atom. The summed E-state index contributed by atoms with van der Waals surface area (Å²) in [6.45, 7) is 1.69. The quantitative estimate of drug-likeness (QED) is 0.770. The third-order valence-electron chi connectivity index (χ3n) is 4.74. The van der Waals surface area contributed by atoms with Crippen LogP contribution in [0.2, 0.25) is 0 Å². The van der Waals surface area contributed by atoms with Gasteiger partial charge in [0.1, 0.15) is 0 Å². The van der Waals surface area contributed by atoms with Crippen LogP contribution in [-0.2, 0) is 7.05 Å². The first kappa shape index (κ1) is 17.9. The molecule has 1 aromatic carbocycles. The monoisotopic (exact) mass is 358 g/mol. The molecule has 1 aromatic heterocycles. The van der Waals surface area contributed by atoms with Crippen LogP contribution in [0.25, 0.3) is 0 Å². The topological polar surface area (TPSA) is 41.4 Å². The zero-order chi connectivity index (χ0) is 17.8. The number of imidazole rings is 1. The molecule has 2 aromatic rings. The Hall–Kier alpha value is -1.95.